The zero-order valence-corrected chi connectivity index (χ0v) is 17.6. The van der Waals surface area contributed by atoms with Gasteiger partial charge in [-0.1, -0.05) is 35.9 Å². The van der Waals surface area contributed by atoms with Crippen molar-refractivity contribution < 1.29 is 14.9 Å². The SMILES string of the molecule is CC(=O)Nc1ccc(NC(=O)[C@@H](C)[NH2+][C@H](c2ccc(C)cc2)c2cccs2)cc1. The highest BCUT2D eigenvalue weighted by Gasteiger charge is 2.25. The minimum atomic E-state index is -0.279. The molecule has 5 nitrogen and oxygen atoms in total. The smallest absolute Gasteiger partial charge is 0.282 e. The van der Waals surface area contributed by atoms with Crippen LogP contribution < -0.4 is 16.0 Å². The summed E-state index contributed by atoms with van der Waals surface area (Å²) >= 11 is 1.70. The molecule has 0 radical (unpaired) electrons. The van der Waals surface area contributed by atoms with Gasteiger partial charge < -0.3 is 16.0 Å². The maximum atomic E-state index is 12.8. The molecule has 1 heterocycles. The molecule has 6 heteroatoms. The van der Waals surface area contributed by atoms with E-state index in [2.05, 4.69) is 58.6 Å². The number of nitrogens with one attached hydrogen (secondary N) is 2. The summed E-state index contributed by atoms with van der Waals surface area (Å²) in [5.41, 5.74) is 3.80. The number of amides is 2. The second-order valence-electron chi connectivity index (χ2n) is 7.13. The first-order valence-electron chi connectivity index (χ1n) is 9.56. The molecule has 4 N–H and O–H groups in total. The van der Waals surface area contributed by atoms with Gasteiger partial charge in [-0.25, -0.2) is 0 Å². The molecule has 2 atom stereocenters. The molecule has 0 spiro atoms. The van der Waals surface area contributed by atoms with E-state index < -0.39 is 0 Å². The lowest BCUT2D eigenvalue weighted by Gasteiger charge is -2.19. The fourth-order valence-electron chi connectivity index (χ4n) is 3.08. The van der Waals surface area contributed by atoms with Crippen LogP contribution in [0.1, 0.15) is 35.9 Å². The number of hydrogen-bond donors (Lipinski definition) is 3. The average Bonchev–Trinajstić information content (AvgIpc) is 3.22. The van der Waals surface area contributed by atoms with Crippen molar-refractivity contribution in [3.05, 3.63) is 82.0 Å². The summed E-state index contributed by atoms with van der Waals surface area (Å²) in [4.78, 5) is 25.1. The molecule has 0 fully saturated rings. The highest BCUT2D eigenvalue weighted by atomic mass is 32.1. The number of carbonyl (C=O) groups is 2. The highest BCUT2D eigenvalue weighted by molar-refractivity contribution is 7.10. The average molecular weight is 409 g/mol. The standard InChI is InChI=1S/C23H25N3O2S/c1-15-6-8-18(9-7-15)22(21-5-4-14-29-21)24-16(2)23(28)26-20-12-10-19(11-13-20)25-17(3)27/h4-14,16,22,24H,1-3H3,(H,25,27)(H,26,28)/p+1/t16-,22-/m1/s1. The summed E-state index contributed by atoms with van der Waals surface area (Å²) in [6, 6.07) is 19.5. The molecule has 0 aliphatic heterocycles. The van der Waals surface area contributed by atoms with Crippen LogP contribution in [0.3, 0.4) is 0 Å². The Morgan fingerprint density at radius 2 is 1.55 bits per heavy atom. The van der Waals surface area contributed by atoms with E-state index >= 15 is 0 Å². The molecule has 3 aromatic rings. The molecule has 0 saturated heterocycles. The number of thiophene rings is 1. The highest BCUT2D eigenvalue weighted by Crippen LogP contribution is 2.23. The summed E-state index contributed by atoms with van der Waals surface area (Å²) in [5.74, 6) is -0.188. The van der Waals surface area contributed by atoms with Crippen LogP contribution in [0, 0.1) is 6.92 Å². The minimum absolute atomic E-state index is 0.0639. The Kier molecular flexibility index (Phi) is 6.80. The Labute approximate surface area is 175 Å². The molecule has 2 aromatic carbocycles. The van der Waals surface area contributed by atoms with E-state index in [1.807, 2.05) is 13.0 Å². The molecule has 150 valence electrons. The predicted octanol–water partition coefficient (Wildman–Crippen LogP) is 3.69. The van der Waals surface area contributed by atoms with E-state index in [9.17, 15) is 9.59 Å². The molecule has 0 unspecified atom stereocenters. The van der Waals surface area contributed by atoms with Gasteiger partial charge in [0.15, 0.2) is 6.04 Å². The van der Waals surface area contributed by atoms with Crippen molar-refractivity contribution in [3.8, 4) is 0 Å². The third kappa shape index (κ3) is 5.76. The molecular weight excluding hydrogens is 382 g/mol. The van der Waals surface area contributed by atoms with Crippen molar-refractivity contribution in [2.24, 2.45) is 0 Å². The first-order chi connectivity index (χ1) is 13.9. The molecule has 1 aromatic heterocycles. The Morgan fingerprint density at radius 3 is 2.10 bits per heavy atom. The maximum Gasteiger partial charge on any atom is 0.282 e. The van der Waals surface area contributed by atoms with Crippen molar-refractivity contribution in [1.82, 2.24) is 0 Å². The first kappa shape index (κ1) is 20.8. The van der Waals surface area contributed by atoms with E-state index in [-0.39, 0.29) is 23.9 Å². The fraction of sp³-hybridized carbons (Fsp3) is 0.217. The lowest BCUT2D eigenvalue weighted by molar-refractivity contribution is -0.703. The van der Waals surface area contributed by atoms with E-state index in [1.54, 1.807) is 35.6 Å². The minimum Gasteiger partial charge on any atom is -0.326 e. The summed E-state index contributed by atoms with van der Waals surface area (Å²) < 4.78 is 0. The summed E-state index contributed by atoms with van der Waals surface area (Å²) in [7, 11) is 0. The third-order valence-corrected chi connectivity index (χ3v) is 5.61. The number of rotatable bonds is 7. The molecule has 29 heavy (non-hydrogen) atoms. The normalized spacial score (nSPS) is 12.8. The van der Waals surface area contributed by atoms with Gasteiger partial charge in [-0.15, -0.1) is 11.3 Å². The summed E-state index contributed by atoms with van der Waals surface area (Å²) in [5, 5.41) is 9.83. The fourth-order valence-corrected chi connectivity index (χ4v) is 3.92. The van der Waals surface area contributed by atoms with Crippen LogP contribution >= 0.6 is 11.3 Å². The van der Waals surface area contributed by atoms with E-state index in [1.165, 1.54) is 22.9 Å². The number of hydrogen-bond acceptors (Lipinski definition) is 3. The first-order valence-corrected chi connectivity index (χ1v) is 10.4. The largest absolute Gasteiger partial charge is 0.326 e. The number of aryl methyl sites for hydroxylation is 1. The van der Waals surface area contributed by atoms with Crippen molar-refractivity contribution in [2.75, 3.05) is 10.6 Å². The Hall–Kier alpha value is -2.96. The van der Waals surface area contributed by atoms with Crippen molar-refractivity contribution in [2.45, 2.75) is 32.9 Å². The predicted molar refractivity (Wildman–Crippen MR) is 118 cm³/mol. The second-order valence-corrected chi connectivity index (χ2v) is 8.11. The number of anilines is 2. The Bertz CT molecular complexity index is 951. The zero-order valence-electron chi connectivity index (χ0n) is 16.8. The molecule has 3 rings (SSSR count). The van der Waals surface area contributed by atoms with Crippen molar-refractivity contribution in [1.29, 1.82) is 0 Å². The second kappa shape index (κ2) is 9.49. The summed E-state index contributed by atoms with van der Waals surface area (Å²) in [6.07, 6.45) is 0. The van der Waals surface area contributed by atoms with Gasteiger partial charge in [0.1, 0.15) is 6.04 Å². The Morgan fingerprint density at radius 1 is 0.931 bits per heavy atom. The van der Waals surface area contributed by atoms with Crippen LogP contribution in [0.2, 0.25) is 0 Å². The van der Waals surface area contributed by atoms with Crippen LogP contribution in [0.15, 0.2) is 66.0 Å². The van der Waals surface area contributed by atoms with Crippen molar-refractivity contribution >= 4 is 34.5 Å². The molecular formula is C23H26N3O2S+. The van der Waals surface area contributed by atoms with Gasteiger partial charge in [-0.2, -0.15) is 0 Å². The lowest BCUT2D eigenvalue weighted by Crippen LogP contribution is -2.92. The lowest BCUT2D eigenvalue weighted by atomic mass is 10.0. The van der Waals surface area contributed by atoms with Gasteiger partial charge in [0.05, 0.1) is 4.88 Å². The number of quaternary nitrogens is 1. The van der Waals surface area contributed by atoms with Gasteiger partial charge in [0, 0.05) is 23.9 Å². The Balaban J connectivity index is 1.69. The molecule has 0 aliphatic carbocycles. The van der Waals surface area contributed by atoms with E-state index in [4.69, 9.17) is 0 Å². The number of benzene rings is 2. The molecule has 0 aliphatic rings. The number of carbonyl (C=O) groups excluding carboxylic acids is 2. The van der Waals surface area contributed by atoms with Crippen LogP contribution in [-0.2, 0) is 9.59 Å². The van der Waals surface area contributed by atoms with E-state index in [0.717, 1.165) is 0 Å². The van der Waals surface area contributed by atoms with Crippen LogP contribution in [0.25, 0.3) is 0 Å². The van der Waals surface area contributed by atoms with Gasteiger partial charge in [0.2, 0.25) is 5.91 Å². The third-order valence-electron chi connectivity index (χ3n) is 4.65. The zero-order chi connectivity index (χ0) is 20.8. The molecule has 0 saturated carbocycles. The van der Waals surface area contributed by atoms with E-state index in [0.29, 0.717) is 11.4 Å². The van der Waals surface area contributed by atoms with Gasteiger partial charge in [-0.05, 0) is 49.6 Å². The van der Waals surface area contributed by atoms with Crippen LogP contribution in [0.4, 0.5) is 11.4 Å². The van der Waals surface area contributed by atoms with Gasteiger partial charge >= 0.3 is 0 Å². The molecule has 2 amide bonds. The van der Waals surface area contributed by atoms with Gasteiger partial charge in [0.25, 0.3) is 5.91 Å². The van der Waals surface area contributed by atoms with Gasteiger partial charge in [-0.3, -0.25) is 9.59 Å². The monoisotopic (exact) mass is 408 g/mol. The van der Waals surface area contributed by atoms with Crippen LogP contribution in [-0.4, -0.2) is 17.9 Å². The van der Waals surface area contributed by atoms with Crippen molar-refractivity contribution in [3.63, 3.8) is 0 Å². The van der Waals surface area contributed by atoms with Crippen LogP contribution in [0.5, 0.6) is 0 Å². The molecule has 0 bridgehead atoms. The maximum absolute atomic E-state index is 12.8. The quantitative estimate of drug-likeness (QED) is 0.558. The number of nitrogens with two attached hydrogens (primary N) is 1. The summed E-state index contributed by atoms with van der Waals surface area (Å²) in [6.45, 7) is 5.45. The topological polar surface area (TPSA) is 74.8 Å².